The zero-order chi connectivity index (χ0) is 13.4. The molecule has 0 atom stereocenters. The Morgan fingerprint density at radius 2 is 2.00 bits per heavy atom. The van der Waals surface area contributed by atoms with E-state index in [4.69, 9.17) is 0 Å². The van der Waals surface area contributed by atoms with E-state index in [1.807, 2.05) is 29.1 Å². The largest absolute Gasteiger partial charge is 0.339 e. The number of anilines is 1. The van der Waals surface area contributed by atoms with Crippen molar-refractivity contribution < 1.29 is 9.18 Å². The van der Waals surface area contributed by atoms with Gasteiger partial charge in [-0.25, -0.2) is 4.39 Å². The molecule has 0 saturated heterocycles. The summed E-state index contributed by atoms with van der Waals surface area (Å²) in [7, 11) is 1.86. The zero-order valence-electron chi connectivity index (χ0n) is 10.2. The molecule has 3 aromatic rings. The molecule has 3 nitrogen and oxygen atoms in total. The number of fused-ring (bicyclic) bond motifs is 1. The maximum atomic E-state index is 12.8. The second-order valence-electron chi connectivity index (χ2n) is 4.22. The number of aromatic nitrogens is 1. The van der Waals surface area contributed by atoms with Gasteiger partial charge in [-0.1, -0.05) is 0 Å². The van der Waals surface area contributed by atoms with E-state index in [1.165, 1.54) is 12.1 Å². The highest BCUT2D eigenvalue weighted by molar-refractivity contribution is 7.17. The first kappa shape index (κ1) is 11.9. The lowest BCUT2D eigenvalue weighted by atomic mass is 10.3. The van der Waals surface area contributed by atoms with Crippen molar-refractivity contribution in [1.82, 2.24) is 4.57 Å². The van der Waals surface area contributed by atoms with Crippen LogP contribution < -0.4 is 5.32 Å². The van der Waals surface area contributed by atoms with Gasteiger partial charge in [0.1, 0.15) is 11.5 Å². The predicted octanol–water partition coefficient (Wildman–Crippen LogP) is 3.63. The lowest BCUT2D eigenvalue weighted by Crippen LogP contribution is -2.15. The van der Waals surface area contributed by atoms with Gasteiger partial charge in [0, 0.05) is 12.7 Å². The Kier molecular flexibility index (Phi) is 2.83. The summed E-state index contributed by atoms with van der Waals surface area (Å²) in [4.78, 5) is 12.2. The molecule has 0 aliphatic heterocycles. The fourth-order valence-electron chi connectivity index (χ4n) is 2.00. The average Bonchev–Trinajstić information content (AvgIpc) is 2.96. The summed E-state index contributed by atoms with van der Waals surface area (Å²) in [5.74, 6) is -0.519. The van der Waals surface area contributed by atoms with Crippen LogP contribution in [0, 0.1) is 5.82 Å². The Bertz CT molecular complexity index is 742. The molecule has 19 heavy (non-hydrogen) atoms. The average molecular weight is 274 g/mol. The highest BCUT2D eigenvalue weighted by Gasteiger charge is 2.14. The molecule has 3 rings (SSSR count). The number of rotatable bonds is 2. The number of nitrogens with one attached hydrogen (secondary N) is 1. The molecule has 1 aromatic carbocycles. The molecule has 0 radical (unpaired) electrons. The summed E-state index contributed by atoms with van der Waals surface area (Å²) < 4.78 is 15.7. The molecule has 1 N–H and O–H groups in total. The van der Waals surface area contributed by atoms with Crippen LogP contribution in [0.1, 0.15) is 10.5 Å². The molecule has 96 valence electrons. The number of thiophene rings is 1. The number of nitrogens with zero attached hydrogens (tertiary/aromatic N) is 1. The summed E-state index contributed by atoms with van der Waals surface area (Å²) in [5, 5.41) is 4.75. The molecule has 2 heterocycles. The van der Waals surface area contributed by atoms with Gasteiger partial charge in [-0.15, -0.1) is 11.3 Å². The van der Waals surface area contributed by atoms with Gasteiger partial charge in [0.05, 0.1) is 10.2 Å². The fourth-order valence-corrected chi connectivity index (χ4v) is 2.85. The monoisotopic (exact) mass is 274 g/mol. The van der Waals surface area contributed by atoms with E-state index in [0.29, 0.717) is 11.4 Å². The topological polar surface area (TPSA) is 34.0 Å². The third kappa shape index (κ3) is 2.13. The summed E-state index contributed by atoms with van der Waals surface area (Å²) in [6.07, 6.45) is 0. The number of aryl methyl sites for hydroxylation is 1. The molecule has 1 amide bonds. The van der Waals surface area contributed by atoms with E-state index >= 15 is 0 Å². The molecule has 0 bridgehead atoms. The molecule has 0 unspecified atom stereocenters. The van der Waals surface area contributed by atoms with Crippen LogP contribution in [0.2, 0.25) is 0 Å². The van der Waals surface area contributed by atoms with Crippen molar-refractivity contribution in [3.63, 3.8) is 0 Å². The molecule has 0 spiro atoms. The lowest BCUT2D eigenvalue weighted by molar-refractivity contribution is 0.101. The van der Waals surface area contributed by atoms with E-state index in [9.17, 15) is 9.18 Å². The SMILES string of the molecule is Cn1c(C(=O)Nc2ccc(F)cc2)cc2sccc21. The third-order valence-electron chi connectivity index (χ3n) is 3.00. The number of halogens is 1. The summed E-state index contributed by atoms with van der Waals surface area (Å²) >= 11 is 1.60. The highest BCUT2D eigenvalue weighted by atomic mass is 32.1. The van der Waals surface area contributed by atoms with Gasteiger partial charge in [0.2, 0.25) is 0 Å². The first-order chi connectivity index (χ1) is 9.15. The Labute approximate surface area is 113 Å². The Morgan fingerprint density at radius 3 is 2.68 bits per heavy atom. The minimum atomic E-state index is -0.322. The minimum absolute atomic E-state index is 0.197. The van der Waals surface area contributed by atoms with Gasteiger partial charge in [-0.2, -0.15) is 0 Å². The van der Waals surface area contributed by atoms with Crippen molar-refractivity contribution in [2.24, 2.45) is 7.05 Å². The van der Waals surface area contributed by atoms with E-state index in [0.717, 1.165) is 10.2 Å². The van der Waals surface area contributed by atoms with Crippen LogP contribution in [0.4, 0.5) is 10.1 Å². The van der Waals surface area contributed by atoms with Crippen LogP contribution in [0.25, 0.3) is 10.2 Å². The molecule has 5 heteroatoms. The predicted molar refractivity (Wildman–Crippen MR) is 75.1 cm³/mol. The van der Waals surface area contributed by atoms with Gasteiger partial charge in [-0.05, 0) is 41.8 Å². The van der Waals surface area contributed by atoms with Crippen LogP contribution in [0.3, 0.4) is 0 Å². The number of amides is 1. The quantitative estimate of drug-likeness (QED) is 0.760. The summed E-state index contributed by atoms with van der Waals surface area (Å²) in [5.41, 5.74) is 2.20. The number of hydrogen-bond donors (Lipinski definition) is 1. The van der Waals surface area contributed by atoms with Crippen LogP contribution >= 0.6 is 11.3 Å². The van der Waals surface area contributed by atoms with Crippen LogP contribution in [0.15, 0.2) is 41.8 Å². The standard InChI is InChI=1S/C14H11FN2OS/c1-17-11-6-7-19-13(11)8-12(17)14(18)16-10-4-2-9(15)3-5-10/h2-8H,1H3,(H,16,18). The molecular weight excluding hydrogens is 263 g/mol. The van der Waals surface area contributed by atoms with E-state index in [-0.39, 0.29) is 11.7 Å². The van der Waals surface area contributed by atoms with Crippen LogP contribution in [-0.2, 0) is 7.05 Å². The van der Waals surface area contributed by atoms with Crippen molar-refractivity contribution in [1.29, 1.82) is 0 Å². The number of carbonyl (C=O) groups excluding carboxylic acids is 1. The van der Waals surface area contributed by atoms with E-state index in [2.05, 4.69) is 5.32 Å². The number of hydrogen-bond acceptors (Lipinski definition) is 2. The third-order valence-corrected chi connectivity index (χ3v) is 3.85. The maximum absolute atomic E-state index is 12.8. The Hall–Kier alpha value is -2.14. The highest BCUT2D eigenvalue weighted by Crippen LogP contribution is 2.24. The first-order valence-electron chi connectivity index (χ1n) is 5.75. The van der Waals surface area contributed by atoms with Crippen molar-refractivity contribution in [3.8, 4) is 0 Å². The van der Waals surface area contributed by atoms with Crippen molar-refractivity contribution in [2.75, 3.05) is 5.32 Å². The molecule has 0 saturated carbocycles. The van der Waals surface area contributed by atoms with E-state index in [1.54, 1.807) is 23.5 Å². The van der Waals surface area contributed by atoms with E-state index < -0.39 is 0 Å². The smallest absolute Gasteiger partial charge is 0.272 e. The first-order valence-corrected chi connectivity index (χ1v) is 6.63. The lowest BCUT2D eigenvalue weighted by Gasteiger charge is -2.06. The number of carbonyl (C=O) groups is 1. The zero-order valence-corrected chi connectivity index (χ0v) is 11.0. The maximum Gasteiger partial charge on any atom is 0.272 e. The van der Waals surface area contributed by atoms with Gasteiger partial charge >= 0.3 is 0 Å². The molecule has 0 aliphatic carbocycles. The van der Waals surface area contributed by atoms with Crippen molar-refractivity contribution in [2.45, 2.75) is 0 Å². The van der Waals surface area contributed by atoms with Crippen LogP contribution in [0.5, 0.6) is 0 Å². The molecule has 2 aromatic heterocycles. The second kappa shape index (κ2) is 4.51. The second-order valence-corrected chi connectivity index (χ2v) is 5.17. The Morgan fingerprint density at radius 1 is 1.26 bits per heavy atom. The van der Waals surface area contributed by atoms with Gasteiger partial charge in [-0.3, -0.25) is 4.79 Å². The summed E-state index contributed by atoms with van der Waals surface area (Å²) in [6, 6.07) is 9.56. The van der Waals surface area contributed by atoms with Crippen LogP contribution in [-0.4, -0.2) is 10.5 Å². The molecule has 0 fully saturated rings. The fraction of sp³-hybridized carbons (Fsp3) is 0.0714. The van der Waals surface area contributed by atoms with Crippen molar-refractivity contribution in [3.05, 3.63) is 53.3 Å². The van der Waals surface area contributed by atoms with Crippen molar-refractivity contribution >= 4 is 33.1 Å². The van der Waals surface area contributed by atoms with Gasteiger partial charge < -0.3 is 9.88 Å². The van der Waals surface area contributed by atoms with Gasteiger partial charge in [0.25, 0.3) is 5.91 Å². The molecule has 0 aliphatic rings. The Balaban J connectivity index is 1.89. The molecular formula is C14H11FN2OS. The minimum Gasteiger partial charge on any atom is -0.339 e. The summed E-state index contributed by atoms with van der Waals surface area (Å²) in [6.45, 7) is 0. The van der Waals surface area contributed by atoms with Gasteiger partial charge in [0.15, 0.2) is 0 Å². The number of benzene rings is 1. The normalized spacial score (nSPS) is 10.8.